The van der Waals surface area contributed by atoms with Gasteiger partial charge in [-0.15, -0.1) is 23.2 Å². The van der Waals surface area contributed by atoms with E-state index in [2.05, 4.69) is 4.99 Å². The molecule has 2 nitrogen and oxygen atoms in total. The van der Waals surface area contributed by atoms with E-state index >= 15 is 0 Å². The van der Waals surface area contributed by atoms with Crippen molar-refractivity contribution in [3.05, 3.63) is 35.4 Å². The summed E-state index contributed by atoms with van der Waals surface area (Å²) in [7, 11) is 0. The van der Waals surface area contributed by atoms with Crippen LogP contribution < -0.4 is 0 Å². The molecule has 0 aliphatic rings. The number of aliphatic imine (C=N–C) groups is 1. The Morgan fingerprint density at radius 1 is 1.31 bits per heavy atom. The van der Waals surface area contributed by atoms with Crippen molar-refractivity contribution in [2.45, 2.75) is 11.4 Å². The van der Waals surface area contributed by atoms with Crippen molar-refractivity contribution in [1.82, 2.24) is 0 Å². The van der Waals surface area contributed by atoms with E-state index < -0.39 is 4.84 Å². The number of alkyl halides is 2. The first-order valence-electron chi connectivity index (χ1n) is 3.64. The zero-order valence-corrected chi connectivity index (χ0v) is 8.22. The lowest BCUT2D eigenvalue weighted by atomic mass is 10.1. The molecule has 0 amide bonds. The van der Waals surface area contributed by atoms with Gasteiger partial charge in [0.25, 0.3) is 0 Å². The van der Waals surface area contributed by atoms with Crippen LogP contribution >= 0.6 is 23.2 Å². The summed E-state index contributed by atoms with van der Waals surface area (Å²) in [6.07, 6.45) is 1.48. The molecule has 0 radical (unpaired) electrons. The largest absolute Gasteiger partial charge is 0.235 e. The molecule has 0 aliphatic heterocycles. The van der Waals surface area contributed by atoms with Crippen LogP contribution in [0.5, 0.6) is 0 Å². The minimum Gasteiger partial charge on any atom is -0.211 e. The van der Waals surface area contributed by atoms with Gasteiger partial charge in [-0.05, 0) is 11.1 Å². The molecule has 1 aromatic carbocycles. The van der Waals surface area contributed by atoms with Gasteiger partial charge in [0, 0.05) is 0 Å². The van der Waals surface area contributed by atoms with E-state index in [4.69, 9.17) is 23.2 Å². The minimum absolute atomic E-state index is 0.346. The molecule has 0 aromatic heterocycles. The fraction of sp³-hybridized carbons (Fsp3) is 0.222. The second-order valence-corrected chi connectivity index (χ2v) is 3.55. The van der Waals surface area contributed by atoms with Crippen LogP contribution in [-0.2, 0) is 11.3 Å². The predicted octanol–water partition coefficient (Wildman–Crippen LogP) is 3.00. The first-order valence-corrected chi connectivity index (χ1v) is 4.52. The minimum atomic E-state index is -0.511. The van der Waals surface area contributed by atoms with Gasteiger partial charge in [-0.2, -0.15) is 0 Å². The van der Waals surface area contributed by atoms with Crippen LogP contribution in [0.2, 0.25) is 0 Å². The van der Waals surface area contributed by atoms with E-state index in [1.165, 1.54) is 6.08 Å². The summed E-state index contributed by atoms with van der Waals surface area (Å²) in [4.78, 5) is 12.8. The summed E-state index contributed by atoms with van der Waals surface area (Å²) in [5, 5.41) is 0. The fourth-order valence-corrected chi connectivity index (χ4v) is 1.18. The Labute approximate surface area is 86.2 Å². The molecule has 0 saturated carbocycles. The molecule has 0 unspecified atom stereocenters. The van der Waals surface area contributed by atoms with Gasteiger partial charge in [0.2, 0.25) is 6.08 Å². The standard InChI is InChI=1S/C9H7Cl2NO/c10-9(11)8-3-1-7(2-4-8)5-12-6-13/h1-4,9H,5H2. The Bertz CT molecular complexity index is 315. The van der Waals surface area contributed by atoms with E-state index in [9.17, 15) is 4.79 Å². The lowest BCUT2D eigenvalue weighted by Gasteiger charge is -2.01. The molecule has 0 saturated heterocycles. The zero-order chi connectivity index (χ0) is 9.68. The molecular formula is C9H7Cl2NO. The van der Waals surface area contributed by atoms with E-state index in [1.807, 2.05) is 12.1 Å². The average molecular weight is 216 g/mol. The van der Waals surface area contributed by atoms with Crippen molar-refractivity contribution in [2.24, 2.45) is 4.99 Å². The maximum Gasteiger partial charge on any atom is 0.235 e. The van der Waals surface area contributed by atoms with E-state index in [-0.39, 0.29) is 0 Å². The topological polar surface area (TPSA) is 29.4 Å². The highest BCUT2D eigenvalue weighted by atomic mass is 35.5. The monoisotopic (exact) mass is 215 g/mol. The number of rotatable bonds is 3. The molecule has 0 fully saturated rings. The van der Waals surface area contributed by atoms with Crippen LogP contribution in [-0.4, -0.2) is 6.08 Å². The predicted molar refractivity (Wildman–Crippen MR) is 52.7 cm³/mol. The summed E-state index contributed by atoms with van der Waals surface area (Å²) in [6.45, 7) is 0.346. The molecule has 0 N–H and O–H groups in total. The molecule has 0 aliphatic carbocycles. The quantitative estimate of drug-likeness (QED) is 0.433. The molecule has 0 heterocycles. The van der Waals surface area contributed by atoms with Crippen LogP contribution in [0.25, 0.3) is 0 Å². The Kier molecular flexibility index (Phi) is 3.97. The first kappa shape index (κ1) is 10.3. The van der Waals surface area contributed by atoms with Gasteiger partial charge in [0.05, 0.1) is 6.54 Å². The summed E-state index contributed by atoms with van der Waals surface area (Å²) in [6, 6.07) is 7.27. The second-order valence-electron chi connectivity index (χ2n) is 2.45. The van der Waals surface area contributed by atoms with E-state index in [0.717, 1.165) is 11.1 Å². The SMILES string of the molecule is O=C=NCc1ccc(C(Cl)Cl)cc1. The van der Waals surface area contributed by atoms with Gasteiger partial charge in [-0.1, -0.05) is 24.3 Å². The highest BCUT2D eigenvalue weighted by Crippen LogP contribution is 2.24. The lowest BCUT2D eigenvalue weighted by Crippen LogP contribution is -1.84. The third-order valence-electron chi connectivity index (χ3n) is 1.56. The Hall–Kier alpha value is -0.820. The Morgan fingerprint density at radius 2 is 1.92 bits per heavy atom. The van der Waals surface area contributed by atoms with Crippen LogP contribution in [0.4, 0.5) is 0 Å². The van der Waals surface area contributed by atoms with E-state index in [0.29, 0.717) is 6.54 Å². The van der Waals surface area contributed by atoms with Crippen molar-refractivity contribution in [3.63, 3.8) is 0 Å². The maximum atomic E-state index is 9.82. The summed E-state index contributed by atoms with van der Waals surface area (Å²) >= 11 is 11.3. The molecule has 13 heavy (non-hydrogen) atoms. The maximum absolute atomic E-state index is 9.82. The van der Waals surface area contributed by atoms with Gasteiger partial charge in [0.15, 0.2) is 0 Å². The lowest BCUT2D eigenvalue weighted by molar-refractivity contribution is 0.563. The Balaban J connectivity index is 2.75. The highest BCUT2D eigenvalue weighted by molar-refractivity contribution is 6.44. The molecule has 68 valence electrons. The summed E-state index contributed by atoms with van der Waals surface area (Å²) in [5.41, 5.74) is 1.77. The van der Waals surface area contributed by atoms with Crippen LogP contribution in [0.3, 0.4) is 0 Å². The van der Waals surface area contributed by atoms with Gasteiger partial charge >= 0.3 is 0 Å². The highest BCUT2D eigenvalue weighted by Gasteiger charge is 2.01. The number of isocyanates is 1. The van der Waals surface area contributed by atoms with Crippen molar-refractivity contribution >= 4 is 29.3 Å². The third-order valence-corrected chi connectivity index (χ3v) is 2.06. The molecule has 0 atom stereocenters. The van der Waals surface area contributed by atoms with Crippen molar-refractivity contribution in [1.29, 1.82) is 0 Å². The number of benzene rings is 1. The zero-order valence-electron chi connectivity index (χ0n) is 6.71. The van der Waals surface area contributed by atoms with Crippen LogP contribution in [0.15, 0.2) is 29.3 Å². The Morgan fingerprint density at radius 3 is 2.38 bits per heavy atom. The number of halogens is 2. The second kappa shape index (κ2) is 5.03. The molecule has 1 rings (SSSR count). The van der Waals surface area contributed by atoms with Crippen molar-refractivity contribution in [3.8, 4) is 0 Å². The third kappa shape index (κ3) is 3.19. The van der Waals surface area contributed by atoms with Crippen molar-refractivity contribution in [2.75, 3.05) is 0 Å². The number of hydrogen-bond donors (Lipinski definition) is 0. The normalized spacial score (nSPS) is 9.77. The summed E-state index contributed by atoms with van der Waals surface area (Å²) < 4.78 is 0. The average Bonchev–Trinajstić information content (AvgIpc) is 2.15. The van der Waals surface area contributed by atoms with Gasteiger partial charge in [0.1, 0.15) is 4.84 Å². The van der Waals surface area contributed by atoms with E-state index in [1.54, 1.807) is 12.1 Å². The van der Waals surface area contributed by atoms with Gasteiger partial charge < -0.3 is 0 Å². The molecule has 4 heteroatoms. The molecule has 1 aromatic rings. The molecule has 0 spiro atoms. The fourth-order valence-electron chi connectivity index (χ4n) is 0.892. The number of hydrogen-bond acceptors (Lipinski definition) is 2. The van der Waals surface area contributed by atoms with Crippen LogP contribution in [0.1, 0.15) is 16.0 Å². The molecular weight excluding hydrogens is 209 g/mol. The smallest absolute Gasteiger partial charge is 0.211 e. The number of carbonyl (C=O) groups excluding carboxylic acids is 1. The van der Waals surface area contributed by atoms with Gasteiger partial charge in [-0.3, -0.25) is 0 Å². The van der Waals surface area contributed by atoms with Crippen LogP contribution in [0, 0.1) is 0 Å². The summed E-state index contributed by atoms with van der Waals surface area (Å²) in [5.74, 6) is 0. The van der Waals surface area contributed by atoms with Crippen molar-refractivity contribution < 1.29 is 4.79 Å². The number of nitrogens with zero attached hydrogens (tertiary/aromatic N) is 1. The van der Waals surface area contributed by atoms with Gasteiger partial charge in [-0.25, -0.2) is 9.79 Å². The first-order chi connectivity index (χ1) is 6.24. The molecule has 0 bridgehead atoms.